The van der Waals surface area contributed by atoms with Gasteiger partial charge in [0.15, 0.2) is 0 Å². The fraction of sp³-hybridized carbons (Fsp3) is 0.429. The highest BCUT2D eigenvalue weighted by atomic mass is 35.5. The monoisotopic (exact) mass is 388 g/mol. The molecule has 0 spiro atoms. The summed E-state index contributed by atoms with van der Waals surface area (Å²) in [6.07, 6.45) is 2.66. The number of hydrogen-bond acceptors (Lipinski definition) is 8. The van der Waals surface area contributed by atoms with Crippen LogP contribution in [0, 0.1) is 6.92 Å². The molecule has 1 aliphatic rings. The van der Waals surface area contributed by atoms with E-state index in [1.807, 2.05) is 14.0 Å². The van der Waals surface area contributed by atoms with E-state index in [1.54, 1.807) is 17.7 Å². The molecule has 0 atom stereocenters. The first-order chi connectivity index (χ1) is 10.7. The summed E-state index contributed by atoms with van der Waals surface area (Å²) in [5, 5.41) is 12.4. The lowest BCUT2D eigenvalue weighted by Crippen LogP contribution is -2.23. The fourth-order valence-corrected chi connectivity index (χ4v) is 3.98. The van der Waals surface area contributed by atoms with Gasteiger partial charge in [-0.3, -0.25) is 0 Å². The van der Waals surface area contributed by atoms with Crippen LogP contribution in [0.5, 0.6) is 0 Å². The summed E-state index contributed by atoms with van der Waals surface area (Å²) in [7, 11) is 2.01. The SMILES string of the molecule is Cc1nonc1CN(C)c1ncnc2sc3c(c12)CCNC3.Cl.Cl. The van der Waals surface area contributed by atoms with E-state index < -0.39 is 0 Å². The molecule has 3 aromatic rings. The summed E-state index contributed by atoms with van der Waals surface area (Å²) in [5.74, 6) is 0.951. The van der Waals surface area contributed by atoms with Crippen molar-refractivity contribution in [2.45, 2.75) is 26.4 Å². The van der Waals surface area contributed by atoms with Gasteiger partial charge in [0, 0.05) is 18.5 Å². The molecule has 0 amide bonds. The molecule has 0 aromatic carbocycles. The number of rotatable bonds is 3. The molecule has 0 bridgehead atoms. The van der Waals surface area contributed by atoms with Crippen molar-refractivity contribution in [1.29, 1.82) is 0 Å². The molecular formula is C14H18Cl2N6OS. The number of halogens is 2. The van der Waals surface area contributed by atoms with Crippen molar-refractivity contribution in [2.24, 2.45) is 0 Å². The minimum absolute atomic E-state index is 0. The second kappa shape index (κ2) is 7.60. The Morgan fingerprint density at radius 1 is 1.29 bits per heavy atom. The molecule has 0 unspecified atom stereocenters. The molecule has 1 aliphatic heterocycles. The van der Waals surface area contributed by atoms with Gasteiger partial charge in [0.2, 0.25) is 0 Å². The van der Waals surface area contributed by atoms with Crippen molar-refractivity contribution in [3.05, 3.63) is 28.2 Å². The second-order valence-electron chi connectivity index (χ2n) is 5.46. The van der Waals surface area contributed by atoms with Gasteiger partial charge in [-0.1, -0.05) is 10.3 Å². The molecule has 7 nitrogen and oxygen atoms in total. The minimum Gasteiger partial charge on any atom is -0.353 e. The van der Waals surface area contributed by atoms with Gasteiger partial charge in [-0.05, 0) is 25.5 Å². The van der Waals surface area contributed by atoms with Crippen molar-refractivity contribution in [3.63, 3.8) is 0 Å². The molecule has 4 rings (SSSR count). The van der Waals surface area contributed by atoms with E-state index in [1.165, 1.54) is 15.8 Å². The van der Waals surface area contributed by atoms with Crippen LogP contribution < -0.4 is 10.2 Å². The zero-order chi connectivity index (χ0) is 15.1. The van der Waals surface area contributed by atoms with Crippen molar-refractivity contribution < 1.29 is 4.63 Å². The number of nitrogens with zero attached hydrogens (tertiary/aromatic N) is 5. The topological polar surface area (TPSA) is 80.0 Å². The Bertz CT molecular complexity index is 836. The molecule has 24 heavy (non-hydrogen) atoms. The number of aromatic nitrogens is 4. The number of aryl methyl sites for hydroxylation is 1. The lowest BCUT2D eigenvalue weighted by molar-refractivity contribution is 0.301. The van der Waals surface area contributed by atoms with Crippen molar-refractivity contribution >= 4 is 52.2 Å². The van der Waals surface area contributed by atoms with Crippen LogP contribution in [0.15, 0.2) is 11.0 Å². The van der Waals surface area contributed by atoms with Crippen LogP contribution in [0.3, 0.4) is 0 Å². The van der Waals surface area contributed by atoms with Crippen LogP contribution in [0.1, 0.15) is 21.8 Å². The molecular weight excluding hydrogens is 371 g/mol. The number of thiophene rings is 1. The normalized spacial score (nSPS) is 13.1. The molecule has 10 heteroatoms. The van der Waals surface area contributed by atoms with E-state index in [-0.39, 0.29) is 24.8 Å². The van der Waals surface area contributed by atoms with Crippen LogP contribution in [0.25, 0.3) is 10.2 Å². The van der Waals surface area contributed by atoms with Gasteiger partial charge in [-0.25, -0.2) is 14.6 Å². The standard InChI is InChI=1S/C14H16N6OS.2ClH/c1-8-10(19-21-18-8)6-20(2)13-12-9-3-4-15-5-11(9)22-14(12)17-7-16-13;;/h7,15H,3-6H2,1-2H3;2*1H. The van der Waals surface area contributed by atoms with Gasteiger partial charge in [0.05, 0.1) is 11.9 Å². The van der Waals surface area contributed by atoms with Crippen LogP contribution >= 0.6 is 36.2 Å². The van der Waals surface area contributed by atoms with Crippen LogP contribution in [0.2, 0.25) is 0 Å². The first-order valence-corrected chi connectivity index (χ1v) is 8.01. The maximum atomic E-state index is 4.78. The van der Waals surface area contributed by atoms with Gasteiger partial charge < -0.3 is 10.2 Å². The Morgan fingerprint density at radius 3 is 2.88 bits per heavy atom. The number of nitrogens with one attached hydrogen (secondary N) is 1. The van der Waals surface area contributed by atoms with E-state index in [0.717, 1.165) is 41.5 Å². The second-order valence-corrected chi connectivity index (χ2v) is 6.54. The first kappa shape index (κ1) is 18.9. The molecule has 130 valence electrons. The Balaban J connectivity index is 0.00000104. The first-order valence-electron chi connectivity index (χ1n) is 7.19. The largest absolute Gasteiger partial charge is 0.353 e. The average Bonchev–Trinajstić information content (AvgIpc) is 3.10. The molecule has 3 aromatic heterocycles. The van der Waals surface area contributed by atoms with Gasteiger partial charge in [-0.2, -0.15) is 0 Å². The summed E-state index contributed by atoms with van der Waals surface area (Å²) in [6.45, 7) is 4.44. The fourth-order valence-electron chi connectivity index (χ4n) is 2.82. The molecule has 1 N–H and O–H groups in total. The maximum Gasteiger partial charge on any atom is 0.141 e. The number of anilines is 1. The molecule has 0 saturated carbocycles. The molecule has 0 saturated heterocycles. The third kappa shape index (κ3) is 3.19. The van der Waals surface area contributed by atoms with E-state index in [2.05, 4.69) is 30.5 Å². The summed E-state index contributed by atoms with van der Waals surface area (Å²) < 4.78 is 4.78. The third-order valence-electron chi connectivity index (χ3n) is 3.98. The van der Waals surface area contributed by atoms with Gasteiger partial charge in [-0.15, -0.1) is 36.2 Å². The Kier molecular flexibility index (Phi) is 5.97. The smallest absolute Gasteiger partial charge is 0.141 e. The zero-order valence-electron chi connectivity index (χ0n) is 13.3. The Morgan fingerprint density at radius 2 is 2.12 bits per heavy atom. The highest BCUT2D eigenvalue weighted by molar-refractivity contribution is 7.19. The lowest BCUT2D eigenvalue weighted by atomic mass is 10.1. The maximum absolute atomic E-state index is 4.78. The third-order valence-corrected chi connectivity index (χ3v) is 5.12. The van der Waals surface area contributed by atoms with E-state index >= 15 is 0 Å². The Labute approximate surface area is 155 Å². The van der Waals surface area contributed by atoms with Crippen molar-refractivity contribution in [2.75, 3.05) is 18.5 Å². The van der Waals surface area contributed by atoms with Crippen LogP contribution in [-0.2, 0) is 19.5 Å². The zero-order valence-corrected chi connectivity index (χ0v) is 15.7. The summed E-state index contributed by atoms with van der Waals surface area (Å²) in [5.41, 5.74) is 3.03. The van der Waals surface area contributed by atoms with E-state index in [4.69, 9.17) is 4.63 Å². The van der Waals surface area contributed by atoms with Crippen LogP contribution in [-0.4, -0.2) is 33.9 Å². The highest BCUT2D eigenvalue weighted by Gasteiger charge is 2.21. The van der Waals surface area contributed by atoms with Crippen molar-refractivity contribution in [3.8, 4) is 0 Å². The minimum atomic E-state index is 0. The van der Waals surface area contributed by atoms with Gasteiger partial charge in [0.25, 0.3) is 0 Å². The molecule has 0 aliphatic carbocycles. The predicted octanol–water partition coefficient (Wildman–Crippen LogP) is 2.51. The quantitative estimate of drug-likeness (QED) is 0.737. The van der Waals surface area contributed by atoms with Crippen LogP contribution in [0.4, 0.5) is 5.82 Å². The molecule has 0 radical (unpaired) electrons. The summed E-state index contributed by atoms with van der Waals surface area (Å²) in [6, 6.07) is 0. The van der Waals surface area contributed by atoms with E-state index in [9.17, 15) is 0 Å². The van der Waals surface area contributed by atoms with Crippen molar-refractivity contribution in [1.82, 2.24) is 25.6 Å². The Hall–Kier alpha value is -1.48. The highest BCUT2D eigenvalue weighted by Crippen LogP contribution is 2.36. The summed E-state index contributed by atoms with van der Waals surface area (Å²) in [4.78, 5) is 13.5. The lowest BCUT2D eigenvalue weighted by Gasteiger charge is -2.19. The number of fused-ring (bicyclic) bond motifs is 3. The van der Waals surface area contributed by atoms with E-state index in [0.29, 0.717) is 6.54 Å². The average molecular weight is 389 g/mol. The summed E-state index contributed by atoms with van der Waals surface area (Å²) >= 11 is 1.76. The predicted molar refractivity (Wildman–Crippen MR) is 98.5 cm³/mol. The van der Waals surface area contributed by atoms with Gasteiger partial charge >= 0.3 is 0 Å². The molecule has 0 fully saturated rings. The number of hydrogen-bond donors (Lipinski definition) is 1. The van der Waals surface area contributed by atoms with Gasteiger partial charge in [0.1, 0.15) is 28.4 Å². The molecule has 4 heterocycles.